The predicted molar refractivity (Wildman–Crippen MR) is 249 cm³/mol. The maximum absolute atomic E-state index is 14.7. The van der Waals surface area contributed by atoms with E-state index < -0.39 is 41.5 Å². The van der Waals surface area contributed by atoms with Gasteiger partial charge in [0.05, 0.1) is 31.7 Å². The molecule has 5 N–H and O–H groups in total. The second-order valence-electron chi connectivity index (χ2n) is 18.1. The molecule has 5 amide bonds. The molecule has 1 aromatic carbocycles. The summed E-state index contributed by atoms with van der Waals surface area (Å²) in [4.78, 5) is 81.1. The van der Waals surface area contributed by atoms with Crippen LogP contribution in [0.15, 0.2) is 28.6 Å². The Morgan fingerprint density at radius 3 is 2.49 bits per heavy atom. The SMILES string of the molecule is C=NCCOCCOC(=O)NNC(=O)[C@@H]1CC2(NC(=O)c3csc([C@@H](C[C@H](C(C)C)N(CCC)C(=O)[C@@H](NC(=O)[C@H]4CCCCN4C)[C@@H](C)CC)OCCC)n3)C[C@H]2c2ccc(O)cc21. The number of carbonyl (C=O) groups excluding carboxylic acids is 5. The van der Waals surface area contributed by atoms with E-state index in [4.69, 9.17) is 19.2 Å². The number of aromatic nitrogens is 1. The summed E-state index contributed by atoms with van der Waals surface area (Å²) in [6.45, 7) is 18.4. The third-order valence-electron chi connectivity index (χ3n) is 13.1. The van der Waals surface area contributed by atoms with Gasteiger partial charge in [-0.2, -0.15) is 0 Å². The average molecular weight is 925 g/mol. The van der Waals surface area contributed by atoms with E-state index in [0.29, 0.717) is 49.7 Å². The van der Waals surface area contributed by atoms with E-state index in [1.807, 2.05) is 39.6 Å². The predicted octanol–water partition coefficient (Wildman–Crippen LogP) is 5.60. The molecule has 360 valence electrons. The fourth-order valence-electron chi connectivity index (χ4n) is 9.18. The largest absolute Gasteiger partial charge is 0.508 e. The molecule has 0 radical (unpaired) electrons. The zero-order chi connectivity index (χ0) is 47.3. The molecule has 8 atom stereocenters. The van der Waals surface area contributed by atoms with E-state index in [2.05, 4.69) is 51.9 Å². The number of phenols is 1. The number of ether oxygens (including phenoxy) is 3. The molecule has 2 aliphatic carbocycles. The molecule has 1 saturated carbocycles. The van der Waals surface area contributed by atoms with E-state index in [1.54, 1.807) is 23.6 Å². The van der Waals surface area contributed by atoms with Gasteiger partial charge in [0.15, 0.2) is 0 Å². The zero-order valence-corrected chi connectivity index (χ0v) is 40.2. The van der Waals surface area contributed by atoms with Gasteiger partial charge in [0.1, 0.15) is 35.2 Å². The number of benzene rings is 1. The van der Waals surface area contributed by atoms with Crippen molar-refractivity contribution in [2.75, 3.05) is 53.1 Å². The number of likely N-dealkylation sites (N-methyl/N-ethyl adjacent to an activating group) is 1. The Kier molecular flexibility index (Phi) is 19.1. The minimum Gasteiger partial charge on any atom is -0.508 e. The number of hydrogen-bond acceptors (Lipinski definition) is 13. The molecule has 65 heavy (non-hydrogen) atoms. The standard InChI is InChI=1S/C47H72N8O9S/c1-9-18-55(45(60)40(30(6)11-3)50-43(59)37-14-12-13-19-54(37)8)38(29(4)5)25-39(63-20-10-2)44-49-36(28-65-44)42(58)51-47-26-34(33-24-31(56)15-16-32(33)35(47)27-47)41(57)52-53-46(61)64-23-22-62-21-17-48-7/h15-16,24,28-30,34-35,37-40,56H,7,9-14,17-23,25-27H2,1-6,8H3,(H,50,59)(H,51,58)(H,52,57)(H,53,61)/t30-,34+,35-,37+,38+,39+,40-,47?/m0/s1. The van der Waals surface area contributed by atoms with Gasteiger partial charge in [0, 0.05) is 42.5 Å². The highest BCUT2D eigenvalue weighted by atomic mass is 32.1. The number of rotatable bonds is 24. The number of fused-ring (bicyclic) bond motifs is 3. The summed E-state index contributed by atoms with van der Waals surface area (Å²) in [6, 6.07) is 3.70. The first-order valence-electron chi connectivity index (χ1n) is 23.4. The van der Waals surface area contributed by atoms with Crippen molar-refractivity contribution in [1.29, 1.82) is 0 Å². The fraction of sp³-hybridized carbons (Fsp3) is 0.681. The minimum absolute atomic E-state index is 0.000658. The number of nitrogens with zero attached hydrogens (tertiary/aromatic N) is 4. The first-order chi connectivity index (χ1) is 31.2. The molecule has 2 fully saturated rings. The molecular formula is C47H72N8O9S. The lowest BCUT2D eigenvalue weighted by Gasteiger charge is -2.40. The molecule has 2 heterocycles. The smallest absolute Gasteiger partial charge is 0.426 e. The van der Waals surface area contributed by atoms with Gasteiger partial charge in [0.2, 0.25) is 17.7 Å². The van der Waals surface area contributed by atoms with Crippen molar-refractivity contribution in [2.45, 2.75) is 141 Å². The summed E-state index contributed by atoms with van der Waals surface area (Å²) >= 11 is 1.33. The number of aliphatic imine (C=N–C) groups is 1. The second-order valence-corrected chi connectivity index (χ2v) is 19.0. The van der Waals surface area contributed by atoms with Gasteiger partial charge in [-0.3, -0.25) is 34.5 Å². The van der Waals surface area contributed by atoms with Crippen LogP contribution >= 0.6 is 11.3 Å². The Bertz CT molecular complexity index is 1950. The summed E-state index contributed by atoms with van der Waals surface area (Å²) < 4.78 is 16.8. The monoisotopic (exact) mass is 925 g/mol. The van der Waals surface area contributed by atoms with Crippen molar-refractivity contribution >= 4 is 47.8 Å². The lowest BCUT2D eigenvalue weighted by molar-refractivity contribution is -0.143. The van der Waals surface area contributed by atoms with Gasteiger partial charge in [-0.25, -0.2) is 15.2 Å². The third kappa shape index (κ3) is 13.3. The van der Waals surface area contributed by atoms with Crippen LogP contribution in [0.25, 0.3) is 0 Å². The lowest BCUT2D eigenvalue weighted by atomic mass is 9.79. The summed E-state index contributed by atoms with van der Waals surface area (Å²) in [5, 5.41) is 19.1. The van der Waals surface area contributed by atoms with Crippen molar-refractivity contribution in [3.05, 3.63) is 45.4 Å². The van der Waals surface area contributed by atoms with E-state index in [0.717, 1.165) is 50.6 Å². The number of phenolic OH excluding ortho intramolecular Hbond substituents is 1. The summed E-state index contributed by atoms with van der Waals surface area (Å²) in [7, 11) is 1.97. The molecule has 1 aliphatic heterocycles. The summed E-state index contributed by atoms with van der Waals surface area (Å²) in [5.74, 6) is -2.07. The molecule has 3 aliphatic rings. The van der Waals surface area contributed by atoms with Crippen LogP contribution in [0.1, 0.15) is 144 Å². The number of carbonyl (C=O) groups is 5. The van der Waals surface area contributed by atoms with Crippen LogP contribution in [-0.4, -0.2) is 133 Å². The van der Waals surface area contributed by atoms with Gasteiger partial charge >= 0.3 is 6.09 Å². The third-order valence-corrected chi connectivity index (χ3v) is 14.0. The highest BCUT2D eigenvalue weighted by molar-refractivity contribution is 7.09. The molecule has 17 nitrogen and oxygen atoms in total. The normalized spacial score (nSPS) is 22.0. The van der Waals surface area contributed by atoms with E-state index in [9.17, 15) is 29.1 Å². The Morgan fingerprint density at radius 2 is 1.80 bits per heavy atom. The molecule has 1 unspecified atom stereocenters. The first kappa shape index (κ1) is 51.3. The highest BCUT2D eigenvalue weighted by Gasteiger charge is 2.61. The molecule has 1 aromatic heterocycles. The number of aromatic hydroxyl groups is 1. The van der Waals surface area contributed by atoms with Crippen molar-refractivity contribution in [1.82, 2.24) is 36.3 Å². The fourth-order valence-corrected chi connectivity index (χ4v) is 10.0. The summed E-state index contributed by atoms with van der Waals surface area (Å²) in [5.41, 5.74) is 5.63. The van der Waals surface area contributed by atoms with E-state index >= 15 is 0 Å². The van der Waals surface area contributed by atoms with Crippen LogP contribution in [0, 0.1) is 11.8 Å². The molecular weight excluding hydrogens is 853 g/mol. The molecule has 2 aromatic rings. The Balaban J connectivity index is 1.30. The molecule has 0 bridgehead atoms. The van der Waals surface area contributed by atoms with Gasteiger partial charge in [-0.1, -0.05) is 60.5 Å². The first-order valence-corrected chi connectivity index (χ1v) is 24.3. The maximum Gasteiger partial charge on any atom is 0.426 e. The highest BCUT2D eigenvalue weighted by Crippen LogP contribution is 2.61. The van der Waals surface area contributed by atoms with Crippen LogP contribution in [-0.2, 0) is 28.6 Å². The molecule has 18 heteroatoms. The van der Waals surface area contributed by atoms with Crippen LogP contribution in [0.4, 0.5) is 4.79 Å². The van der Waals surface area contributed by atoms with Crippen molar-refractivity contribution in [2.24, 2.45) is 16.8 Å². The van der Waals surface area contributed by atoms with Crippen molar-refractivity contribution in [3.63, 3.8) is 0 Å². The number of nitrogens with one attached hydrogen (secondary N) is 4. The van der Waals surface area contributed by atoms with Crippen molar-refractivity contribution < 1.29 is 43.3 Å². The maximum atomic E-state index is 14.7. The number of hydrogen-bond donors (Lipinski definition) is 5. The number of hydrazine groups is 1. The lowest BCUT2D eigenvalue weighted by Crippen LogP contribution is -2.58. The van der Waals surface area contributed by atoms with Gasteiger partial charge in [-0.05, 0) is 93.9 Å². The van der Waals surface area contributed by atoms with Crippen LogP contribution in [0.5, 0.6) is 5.75 Å². The number of likely N-dealkylation sites (tertiary alicyclic amines) is 1. The number of piperidine rings is 1. The molecule has 0 spiro atoms. The second kappa shape index (κ2) is 24.2. The van der Waals surface area contributed by atoms with E-state index in [1.165, 1.54) is 11.3 Å². The Hall–Kier alpha value is -4.65. The minimum atomic E-state index is -0.866. The van der Waals surface area contributed by atoms with Gasteiger partial charge in [0.25, 0.3) is 5.91 Å². The Labute approximate surface area is 388 Å². The van der Waals surface area contributed by atoms with Crippen LogP contribution < -0.4 is 21.5 Å². The van der Waals surface area contributed by atoms with E-state index in [-0.39, 0.29) is 72.7 Å². The molecule has 1 saturated heterocycles. The summed E-state index contributed by atoms with van der Waals surface area (Å²) in [6.07, 6.45) is 4.88. The van der Waals surface area contributed by atoms with Crippen LogP contribution in [0.2, 0.25) is 0 Å². The number of thiazole rings is 1. The topological polar surface area (TPSA) is 213 Å². The van der Waals surface area contributed by atoms with Crippen molar-refractivity contribution in [3.8, 4) is 5.75 Å². The number of amides is 5. The molecule has 5 rings (SSSR count). The van der Waals surface area contributed by atoms with Gasteiger partial charge < -0.3 is 34.9 Å². The Morgan fingerprint density at radius 1 is 1.02 bits per heavy atom. The average Bonchev–Trinajstić information content (AvgIpc) is 3.78. The zero-order valence-electron chi connectivity index (χ0n) is 39.4. The van der Waals surface area contributed by atoms with Gasteiger partial charge in [-0.15, -0.1) is 11.3 Å². The van der Waals surface area contributed by atoms with Crippen LogP contribution in [0.3, 0.4) is 0 Å². The quantitative estimate of drug-likeness (QED) is 0.0497.